The molecule has 2 atom stereocenters. The van der Waals surface area contributed by atoms with Gasteiger partial charge in [0.2, 0.25) is 0 Å². The molecule has 3 aromatic rings. The number of alkyl halides is 6. The van der Waals surface area contributed by atoms with Gasteiger partial charge in [-0.25, -0.2) is 14.8 Å². The molecule has 1 aromatic heterocycles. The van der Waals surface area contributed by atoms with Crippen LogP contribution >= 0.6 is 0 Å². The molecule has 2 aromatic carbocycles. The van der Waals surface area contributed by atoms with E-state index in [1.807, 2.05) is 0 Å². The fourth-order valence-electron chi connectivity index (χ4n) is 3.64. The molecule has 41 heavy (non-hydrogen) atoms. The molecule has 3 rings (SSSR count). The first-order valence-electron chi connectivity index (χ1n) is 12.1. The Hall–Kier alpha value is -4.36. The number of esters is 1. The fraction of sp³-hybridized carbons (Fsp3) is 0.333. The van der Waals surface area contributed by atoms with Crippen molar-refractivity contribution >= 4 is 11.9 Å². The standard InChI is InChI=1S/C27H25F6N3O5/c1-5-39-25(38)16(4)40-21-11-8-18(12-14(21)2)15(3)35-24(37)20-13-34-23(36-22(20)26(28,29)30)17-6-9-19(10-7-17)41-27(31,32)33/h6-13,15-16H,5H2,1-4H3,(H,35,37). The first-order valence-corrected chi connectivity index (χ1v) is 12.1. The summed E-state index contributed by atoms with van der Waals surface area (Å²) in [5.41, 5.74) is -1.24. The maximum atomic E-state index is 13.9. The van der Waals surface area contributed by atoms with Crippen molar-refractivity contribution in [2.45, 2.75) is 52.4 Å². The van der Waals surface area contributed by atoms with E-state index in [2.05, 4.69) is 20.0 Å². The van der Waals surface area contributed by atoms with Crippen LogP contribution in [0.2, 0.25) is 0 Å². The molecule has 0 radical (unpaired) electrons. The molecule has 0 fully saturated rings. The Kier molecular flexibility index (Phi) is 9.46. The second kappa shape index (κ2) is 12.4. The average Bonchev–Trinajstić information content (AvgIpc) is 2.88. The van der Waals surface area contributed by atoms with E-state index in [1.54, 1.807) is 39.0 Å². The zero-order chi connectivity index (χ0) is 30.5. The van der Waals surface area contributed by atoms with E-state index in [4.69, 9.17) is 9.47 Å². The van der Waals surface area contributed by atoms with E-state index in [-0.39, 0.29) is 12.2 Å². The first-order chi connectivity index (χ1) is 19.1. The van der Waals surface area contributed by atoms with E-state index in [9.17, 15) is 35.9 Å². The zero-order valence-electron chi connectivity index (χ0n) is 22.2. The van der Waals surface area contributed by atoms with Crippen molar-refractivity contribution in [2.24, 2.45) is 0 Å². The minimum atomic E-state index is -5.04. The number of hydrogen-bond donors (Lipinski definition) is 1. The van der Waals surface area contributed by atoms with Gasteiger partial charge in [-0.2, -0.15) is 13.2 Å². The van der Waals surface area contributed by atoms with E-state index in [1.165, 1.54) is 6.92 Å². The minimum absolute atomic E-state index is 0.0274. The molecule has 220 valence electrons. The van der Waals surface area contributed by atoms with E-state index in [0.29, 0.717) is 23.1 Å². The van der Waals surface area contributed by atoms with Gasteiger partial charge in [0.05, 0.1) is 18.2 Å². The number of nitrogens with zero attached hydrogens (tertiary/aromatic N) is 2. The first kappa shape index (κ1) is 31.2. The summed E-state index contributed by atoms with van der Waals surface area (Å²) in [6, 6.07) is 7.96. The van der Waals surface area contributed by atoms with Crippen molar-refractivity contribution < 1.29 is 50.1 Å². The third-order valence-electron chi connectivity index (χ3n) is 5.62. The Labute approximate surface area is 230 Å². The van der Waals surface area contributed by atoms with Crippen LogP contribution in [-0.4, -0.2) is 40.9 Å². The van der Waals surface area contributed by atoms with Crippen LogP contribution in [0, 0.1) is 6.92 Å². The Morgan fingerprint density at radius 1 is 1.00 bits per heavy atom. The van der Waals surface area contributed by atoms with Gasteiger partial charge >= 0.3 is 18.5 Å². The Morgan fingerprint density at radius 2 is 1.66 bits per heavy atom. The van der Waals surface area contributed by atoms with Gasteiger partial charge in [0, 0.05) is 11.8 Å². The molecule has 0 saturated carbocycles. The number of nitrogens with one attached hydrogen (secondary N) is 1. The molecule has 0 aliphatic rings. The zero-order valence-corrected chi connectivity index (χ0v) is 22.2. The molecule has 2 unspecified atom stereocenters. The number of carbonyl (C=O) groups is 2. The summed E-state index contributed by atoms with van der Waals surface area (Å²) >= 11 is 0. The summed E-state index contributed by atoms with van der Waals surface area (Å²) in [6.45, 7) is 6.64. The Morgan fingerprint density at radius 3 is 2.22 bits per heavy atom. The predicted octanol–water partition coefficient (Wildman–Crippen LogP) is 6.19. The van der Waals surface area contributed by atoms with Crippen molar-refractivity contribution in [3.05, 3.63) is 71.0 Å². The predicted molar refractivity (Wildman–Crippen MR) is 133 cm³/mol. The molecule has 1 amide bonds. The number of ether oxygens (including phenoxy) is 3. The van der Waals surface area contributed by atoms with Gasteiger partial charge in [0.25, 0.3) is 5.91 Å². The van der Waals surface area contributed by atoms with Crippen LogP contribution in [0.25, 0.3) is 11.4 Å². The van der Waals surface area contributed by atoms with Crippen molar-refractivity contribution in [1.29, 1.82) is 0 Å². The van der Waals surface area contributed by atoms with Crippen LogP contribution in [-0.2, 0) is 15.7 Å². The molecule has 0 bridgehead atoms. The number of amides is 1. The minimum Gasteiger partial charge on any atom is -0.479 e. The van der Waals surface area contributed by atoms with Crippen LogP contribution in [0.4, 0.5) is 26.3 Å². The van der Waals surface area contributed by atoms with Crippen molar-refractivity contribution in [2.75, 3.05) is 6.61 Å². The highest BCUT2D eigenvalue weighted by Gasteiger charge is 2.38. The number of hydrogen-bond acceptors (Lipinski definition) is 7. The number of carbonyl (C=O) groups excluding carboxylic acids is 2. The van der Waals surface area contributed by atoms with Crippen LogP contribution in [0.15, 0.2) is 48.7 Å². The second-order valence-corrected chi connectivity index (χ2v) is 8.76. The lowest BCUT2D eigenvalue weighted by Crippen LogP contribution is -2.30. The summed E-state index contributed by atoms with van der Waals surface area (Å²) < 4.78 is 93.0. The van der Waals surface area contributed by atoms with Gasteiger partial charge in [-0.15, -0.1) is 13.2 Å². The molecule has 0 aliphatic heterocycles. The molecule has 0 spiro atoms. The topological polar surface area (TPSA) is 99.6 Å². The van der Waals surface area contributed by atoms with Crippen molar-refractivity contribution in [3.8, 4) is 22.9 Å². The average molecular weight is 586 g/mol. The van der Waals surface area contributed by atoms with Gasteiger partial charge in [-0.1, -0.05) is 12.1 Å². The number of aromatic nitrogens is 2. The van der Waals surface area contributed by atoms with Gasteiger partial charge < -0.3 is 19.5 Å². The lowest BCUT2D eigenvalue weighted by Gasteiger charge is -2.19. The van der Waals surface area contributed by atoms with E-state index < -0.39 is 59.4 Å². The van der Waals surface area contributed by atoms with Gasteiger partial charge in [-0.3, -0.25) is 4.79 Å². The molecule has 14 heteroatoms. The number of rotatable bonds is 9. The molecular formula is C27H25F6N3O5. The van der Waals surface area contributed by atoms with Gasteiger partial charge in [0.1, 0.15) is 11.5 Å². The Bertz CT molecular complexity index is 1390. The van der Waals surface area contributed by atoms with Gasteiger partial charge in [-0.05, 0) is 69.2 Å². The molecule has 1 N–H and O–H groups in total. The smallest absolute Gasteiger partial charge is 0.479 e. The summed E-state index contributed by atoms with van der Waals surface area (Å²) in [5.74, 6) is -2.29. The lowest BCUT2D eigenvalue weighted by atomic mass is 10.0. The van der Waals surface area contributed by atoms with Crippen LogP contribution in [0.1, 0.15) is 54.0 Å². The van der Waals surface area contributed by atoms with E-state index in [0.717, 1.165) is 24.3 Å². The molecule has 0 saturated heterocycles. The Balaban J connectivity index is 1.79. The maximum absolute atomic E-state index is 13.9. The number of halogens is 6. The highest BCUT2D eigenvalue weighted by Crippen LogP contribution is 2.33. The maximum Gasteiger partial charge on any atom is 0.573 e. The molecule has 1 heterocycles. The molecule has 8 nitrogen and oxygen atoms in total. The summed E-state index contributed by atoms with van der Waals surface area (Å²) in [7, 11) is 0. The third-order valence-corrected chi connectivity index (χ3v) is 5.62. The number of benzene rings is 2. The van der Waals surface area contributed by atoms with E-state index >= 15 is 0 Å². The lowest BCUT2D eigenvalue weighted by molar-refractivity contribution is -0.274. The molecular weight excluding hydrogens is 560 g/mol. The highest BCUT2D eigenvalue weighted by molar-refractivity contribution is 5.95. The SMILES string of the molecule is CCOC(=O)C(C)Oc1ccc(C(C)NC(=O)c2cnc(-c3ccc(OC(F)(F)F)cc3)nc2C(F)(F)F)cc1C. The van der Waals surface area contributed by atoms with Crippen LogP contribution in [0.5, 0.6) is 11.5 Å². The second-order valence-electron chi connectivity index (χ2n) is 8.76. The van der Waals surface area contributed by atoms with Crippen LogP contribution in [0.3, 0.4) is 0 Å². The van der Waals surface area contributed by atoms with Crippen molar-refractivity contribution in [3.63, 3.8) is 0 Å². The molecule has 0 aliphatic carbocycles. The fourth-order valence-corrected chi connectivity index (χ4v) is 3.64. The summed E-state index contributed by atoms with van der Waals surface area (Å²) in [6.07, 6.45) is -10.2. The normalized spacial score (nSPS) is 13.2. The quantitative estimate of drug-likeness (QED) is 0.236. The monoisotopic (exact) mass is 585 g/mol. The largest absolute Gasteiger partial charge is 0.573 e. The number of aryl methyl sites for hydroxylation is 1. The van der Waals surface area contributed by atoms with Crippen LogP contribution < -0.4 is 14.8 Å². The third kappa shape index (κ3) is 8.32. The van der Waals surface area contributed by atoms with Crippen molar-refractivity contribution in [1.82, 2.24) is 15.3 Å². The summed E-state index contributed by atoms with van der Waals surface area (Å²) in [4.78, 5) is 32.0. The highest BCUT2D eigenvalue weighted by atomic mass is 19.4. The summed E-state index contributed by atoms with van der Waals surface area (Å²) in [5, 5.41) is 2.48. The van der Waals surface area contributed by atoms with Gasteiger partial charge in [0.15, 0.2) is 17.6 Å².